The minimum absolute atomic E-state index is 0.0842. The number of halogens is 1. The fraction of sp³-hybridized carbons (Fsp3) is 0.250. The molecular weight excluding hydrogens is 332 g/mol. The molecule has 0 spiro atoms. The van der Waals surface area contributed by atoms with Crippen LogP contribution in [0.3, 0.4) is 0 Å². The van der Waals surface area contributed by atoms with Crippen molar-refractivity contribution >= 4 is 31.6 Å². The smallest absolute Gasteiger partial charge is 0.267 e. The number of aromatic nitrogens is 1. The van der Waals surface area contributed by atoms with Gasteiger partial charge in [0, 0.05) is 4.47 Å². The number of hydrogen-bond acceptors (Lipinski definition) is 4. The van der Waals surface area contributed by atoms with Gasteiger partial charge in [-0.1, -0.05) is 17.3 Å². The van der Waals surface area contributed by atoms with E-state index in [2.05, 4.69) is 25.8 Å². The molecule has 0 radical (unpaired) electrons. The quantitative estimate of drug-likeness (QED) is 0.928. The normalized spacial score (nSPS) is 11.6. The predicted octanol–water partition coefficient (Wildman–Crippen LogP) is 3.16. The Morgan fingerprint density at radius 2 is 1.95 bits per heavy atom. The first-order valence-electron chi connectivity index (χ1n) is 5.53. The number of hydrogen-bond donors (Lipinski definition) is 1. The van der Waals surface area contributed by atoms with Crippen LogP contribution in [0.2, 0.25) is 0 Å². The molecule has 0 aliphatic carbocycles. The Balaban J connectivity index is 2.46. The largest absolute Gasteiger partial charge is 0.360 e. The van der Waals surface area contributed by atoms with Crippen molar-refractivity contribution in [3.05, 3.63) is 39.7 Å². The third-order valence-corrected chi connectivity index (χ3v) is 5.33. The van der Waals surface area contributed by atoms with Crippen molar-refractivity contribution in [3.63, 3.8) is 0 Å². The number of benzene rings is 1. The number of nitrogens with zero attached hydrogens (tertiary/aromatic N) is 1. The Hall–Kier alpha value is -1.34. The molecule has 1 heterocycles. The zero-order valence-corrected chi connectivity index (χ0v) is 13.1. The monoisotopic (exact) mass is 344 g/mol. The maximum Gasteiger partial charge on any atom is 0.267 e. The van der Waals surface area contributed by atoms with Gasteiger partial charge in [-0.3, -0.25) is 4.72 Å². The zero-order valence-electron chi connectivity index (χ0n) is 10.7. The number of aryl methyl sites for hydroxylation is 3. The van der Waals surface area contributed by atoms with Gasteiger partial charge in [-0.15, -0.1) is 0 Å². The minimum atomic E-state index is -3.71. The minimum Gasteiger partial charge on any atom is -0.360 e. The number of nitrogens with one attached hydrogen (secondary N) is 1. The van der Waals surface area contributed by atoms with Gasteiger partial charge in [-0.25, -0.2) is 8.42 Å². The van der Waals surface area contributed by atoms with Crippen LogP contribution in [0.1, 0.15) is 17.0 Å². The van der Waals surface area contributed by atoms with Gasteiger partial charge in [-0.05, 0) is 48.3 Å². The van der Waals surface area contributed by atoms with Crippen molar-refractivity contribution < 1.29 is 12.9 Å². The molecule has 5 nitrogen and oxygen atoms in total. The van der Waals surface area contributed by atoms with Crippen LogP contribution in [0.15, 0.2) is 32.1 Å². The Labute approximate surface area is 120 Å². The molecule has 2 aromatic rings. The van der Waals surface area contributed by atoms with Crippen LogP contribution in [-0.2, 0) is 10.0 Å². The Kier molecular flexibility index (Phi) is 3.69. The predicted molar refractivity (Wildman–Crippen MR) is 75.7 cm³/mol. The molecule has 7 heteroatoms. The summed E-state index contributed by atoms with van der Waals surface area (Å²) < 4.78 is 32.8. The van der Waals surface area contributed by atoms with Crippen LogP contribution in [-0.4, -0.2) is 13.6 Å². The van der Waals surface area contributed by atoms with Crippen LogP contribution >= 0.6 is 15.9 Å². The topological polar surface area (TPSA) is 72.2 Å². The first kappa shape index (κ1) is 14.1. The van der Waals surface area contributed by atoms with Gasteiger partial charge in [0.2, 0.25) is 0 Å². The lowest BCUT2D eigenvalue weighted by Gasteiger charge is -2.10. The van der Waals surface area contributed by atoms with Gasteiger partial charge in [0.15, 0.2) is 10.7 Å². The maximum absolute atomic E-state index is 12.3. The van der Waals surface area contributed by atoms with Crippen LogP contribution in [0, 0.1) is 20.8 Å². The van der Waals surface area contributed by atoms with Gasteiger partial charge in [-0.2, -0.15) is 0 Å². The standard InChI is InChI=1S/C12H13BrN2O3S/c1-7-5-4-6-10(11(7)13)15-19(16,17)12-8(2)14-18-9(12)3/h4-6,15H,1-3H3. The average Bonchev–Trinajstić information content (AvgIpc) is 2.65. The summed E-state index contributed by atoms with van der Waals surface area (Å²) in [6.07, 6.45) is 0. The third kappa shape index (κ3) is 2.66. The van der Waals surface area contributed by atoms with E-state index in [4.69, 9.17) is 4.52 Å². The van der Waals surface area contributed by atoms with Gasteiger partial charge < -0.3 is 4.52 Å². The molecule has 0 aliphatic rings. The highest BCUT2D eigenvalue weighted by Crippen LogP contribution is 2.29. The summed E-state index contributed by atoms with van der Waals surface area (Å²) >= 11 is 3.37. The van der Waals surface area contributed by atoms with Crippen LogP contribution < -0.4 is 4.72 Å². The van der Waals surface area contributed by atoms with Gasteiger partial charge in [0.05, 0.1) is 5.69 Å². The van der Waals surface area contributed by atoms with Crippen LogP contribution in [0.25, 0.3) is 0 Å². The second kappa shape index (κ2) is 4.97. The first-order chi connectivity index (χ1) is 8.83. The second-order valence-electron chi connectivity index (χ2n) is 4.20. The number of sulfonamides is 1. The summed E-state index contributed by atoms with van der Waals surface area (Å²) in [6, 6.07) is 5.36. The van der Waals surface area contributed by atoms with E-state index in [9.17, 15) is 8.42 Å². The summed E-state index contributed by atoms with van der Waals surface area (Å²) in [6.45, 7) is 5.05. The molecule has 0 saturated heterocycles. The van der Waals surface area contributed by atoms with E-state index in [0.29, 0.717) is 15.9 Å². The van der Waals surface area contributed by atoms with Crippen molar-refractivity contribution in [2.45, 2.75) is 25.7 Å². The average molecular weight is 345 g/mol. The van der Waals surface area contributed by atoms with Crippen LogP contribution in [0.5, 0.6) is 0 Å². The lowest BCUT2D eigenvalue weighted by Crippen LogP contribution is -2.15. The van der Waals surface area contributed by atoms with Crippen molar-refractivity contribution in [2.24, 2.45) is 0 Å². The van der Waals surface area contributed by atoms with Gasteiger partial charge in [0.1, 0.15) is 5.69 Å². The van der Waals surface area contributed by atoms with E-state index in [1.165, 1.54) is 0 Å². The molecule has 2 rings (SSSR count). The molecule has 0 saturated carbocycles. The van der Waals surface area contributed by atoms with E-state index in [1.54, 1.807) is 26.0 Å². The SMILES string of the molecule is Cc1cccc(NS(=O)(=O)c2c(C)noc2C)c1Br. The molecule has 1 N–H and O–H groups in total. The van der Waals surface area contributed by atoms with E-state index >= 15 is 0 Å². The highest BCUT2D eigenvalue weighted by atomic mass is 79.9. The Morgan fingerprint density at radius 3 is 2.53 bits per heavy atom. The molecule has 0 aliphatic heterocycles. The van der Waals surface area contributed by atoms with Crippen molar-refractivity contribution in [3.8, 4) is 0 Å². The van der Waals surface area contributed by atoms with Crippen molar-refractivity contribution in [2.75, 3.05) is 4.72 Å². The van der Waals surface area contributed by atoms with Crippen molar-refractivity contribution in [1.29, 1.82) is 0 Å². The molecule has 0 fully saturated rings. The highest BCUT2D eigenvalue weighted by Gasteiger charge is 2.24. The molecule has 1 aromatic carbocycles. The van der Waals surface area contributed by atoms with E-state index in [0.717, 1.165) is 5.56 Å². The molecule has 102 valence electrons. The summed E-state index contributed by atoms with van der Waals surface area (Å²) in [5, 5.41) is 3.66. The second-order valence-corrected chi connectivity index (χ2v) is 6.61. The lowest BCUT2D eigenvalue weighted by molar-refractivity contribution is 0.390. The Bertz CT molecular complexity index is 703. The molecular formula is C12H13BrN2O3S. The Morgan fingerprint density at radius 1 is 1.26 bits per heavy atom. The molecule has 19 heavy (non-hydrogen) atoms. The van der Waals surface area contributed by atoms with E-state index in [1.807, 2.05) is 13.0 Å². The summed E-state index contributed by atoms with van der Waals surface area (Å²) in [4.78, 5) is 0.0842. The zero-order chi connectivity index (χ0) is 14.2. The van der Waals surface area contributed by atoms with Gasteiger partial charge in [0.25, 0.3) is 10.0 Å². The third-order valence-electron chi connectivity index (χ3n) is 2.67. The van der Waals surface area contributed by atoms with Gasteiger partial charge >= 0.3 is 0 Å². The fourth-order valence-corrected chi connectivity index (χ4v) is 3.68. The molecule has 0 atom stereocenters. The summed E-state index contributed by atoms with van der Waals surface area (Å²) in [5.74, 6) is 0.272. The molecule has 1 aromatic heterocycles. The van der Waals surface area contributed by atoms with E-state index in [-0.39, 0.29) is 10.7 Å². The molecule has 0 amide bonds. The van der Waals surface area contributed by atoms with E-state index < -0.39 is 10.0 Å². The highest BCUT2D eigenvalue weighted by molar-refractivity contribution is 9.10. The molecule has 0 unspecified atom stereocenters. The molecule has 0 bridgehead atoms. The summed E-state index contributed by atoms with van der Waals surface area (Å²) in [5.41, 5.74) is 1.77. The maximum atomic E-state index is 12.3. The number of anilines is 1. The van der Waals surface area contributed by atoms with Crippen LogP contribution in [0.4, 0.5) is 5.69 Å². The number of rotatable bonds is 3. The lowest BCUT2D eigenvalue weighted by atomic mass is 10.2. The summed E-state index contributed by atoms with van der Waals surface area (Å²) in [7, 11) is -3.71. The van der Waals surface area contributed by atoms with Crippen molar-refractivity contribution in [1.82, 2.24) is 5.16 Å². The first-order valence-corrected chi connectivity index (χ1v) is 7.81. The fourth-order valence-electron chi connectivity index (χ4n) is 1.78.